The van der Waals surface area contributed by atoms with Crippen molar-refractivity contribution >= 4 is 41.4 Å². The Balaban J connectivity index is 1.12. The maximum atomic E-state index is 13.2. The molecule has 6 rings (SSSR count). The Morgan fingerprint density at radius 1 is 1.02 bits per heavy atom. The average molecular weight is 620 g/mol. The number of benzene rings is 1. The molecule has 240 valence electrons. The lowest BCUT2D eigenvalue weighted by atomic mass is 9.89. The summed E-state index contributed by atoms with van der Waals surface area (Å²) in [4.78, 5) is 62.0. The molecule has 1 saturated carbocycles. The van der Waals surface area contributed by atoms with Crippen molar-refractivity contribution in [3.05, 3.63) is 35.5 Å². The zero-order chi connectivity index (χ0) is 32.1. The number of amides is 5. The van der Waals surface area contributed by atoms with Crippen molar-refractivity contribution in [2.45, 2.75) is 82.4 Å². The van der Waals surface area contributed by atoms with Crippen molar-refractivity contribution in [2.75, 3.05) is 43.4 Å². The number of piperidine rings is 2. The van der Waals surface area contributed by atoms with Crippen LogP contribution in [0.4, 0.5) is 27.0 Å². The summed E-state index contributed by atoms with van der Waals surface area (Å²) in [6, 6.07) is 7.31. The molecule has 1 atom stereocenters. The van der Waals surface area contributed by atoms with Crippen LogP contribution in [0.1, 0.15) is 81.3 Å². The van der Waals surface area contributed by atoms with Crippen LogP contribution < -0.4 is 16.0 Å². The summed E-state index contributed by atoms with van der Waals surface area (Å²) in [5, 5.41) is 11.5. The van der Waals surface area contributed by atoms with E-state index in [9.17, 15) is 19.2 Å². The topological polar surface area (TPSA) is 167 Å². The number of carbonyl (C=O) groups excluding carboxylic acids is 4. The lowest BCUT2D eigenvalue weighted by Gasteiger charge is -2.36. The van der Waals surface area contributed by atoms with Gasteiger partial charge in [0.1, 0.15) is 11.1 Å². The van der Waals surface area contributed by atoms with E-state index in [1.807, 2.05) is 49.9 Å². The summed E-state index contributed by atoms with van der Waals surface area (Å²) in [5.74, 6) is -0.112. The fourth-order valence-corrected chi connectivity index (χ4v) is 6.54. The molecule has 1 aliphatic carbocycles. The van der Waals surface area contributed by atoms with E-state index < -0.39 is 17.0 Å². The monoisotopic (exact) mass is 619 g/mol. The SMILES string of the molecule is CN1C(=O)N([C@@H]2CCCN(c3nnc(C(N)=O)c(Nc4ccc(C5CCN(C(=O)OC(C)(C)C)CC5)cc4)n3)C2)C(=O)C12CC2. The second-order valence-corrected chi connectivity index (χ2v) is 13.5. The molecule has 0 unspecified atom stereocenters. The number of aromatic nitrogens is 3. The van der Waals surface area contributed by atoms with Crippen LogP contribution in [0.25, 0.3) is 0 Å². The predicted molar refractivity (Wildman–Crippen MR) is 165 cm³/mol. The number of urea groups is 1. The van der Waals surface area contributed by atoms with E-state index in [1.165, 1.54) is 4.90 Å². The van der Waals surface area contributed by atoms with Gasteiger partial charge in [-0.3, -0.25) is 14.5 Å². The van der Waals surface area contributed by atoms with Gasteiger partial charge in [-0.1, -0.05) is 12.1 Å². The predicted octanol–water partition coefficient (Wildman–Crippen LogP) is 3.22. The number of nitrogens with zero attached hydrogens (tertiary/aromatic N) is 7. The Hall–Kier alpha value is -4.49. The maximum Gasteiger partial charge on any atom is 0.410 e. The van der Waals surface area contributed by atoms with E-state index >= 15 is 0 Å². The van der Waals surface area contributed by atoms with Crippen LogP contribution in [0.2, 0.25) is 0 Å². The fraction of sp³-hybridized carbons (Fsp3) is 0.581. The molecule has 4 heterocycles. The molecule has 5 amide bonds. The number of carbonyl (C=O) groups is 4. The smallest absolute Gasteiger partial charge is 0.410 e. The first-order valence-corrected chi connectivity index (χ1v) is 15.6. The number of likely N-dealkylation sites (N-methyl/N-ethyl adjacent to an activating group) is 1. The number of ether oxygens (including phenoxy) is 1. The van der Waals surface area contributed by atoms with Crippen molar-refractivity contribution in [3.8, 4) is 0 Å². The van der Waals surface area contributed by atoms with Crippen molar-refractivity contribution in [1.82, 2.24) is 29.9 Å². The number of anilines is 3. The molecule has 0 radical (unpaired) electrons. The molecule has 3 saturated heterocycles. The van der Waals surface area contributed by atoms with Crippen LogP contribution in [0.15, 0.2) is 24.3 Å². The first-order valence-electron chi connectivity index (χ1n) is 15.6. The first-order chi connectivity index (χ1) is 21.4. The highest BCUT2D eigenvalue weighted by atomic mass is 16.6. The van der Waals surface area contributed by atoms with Gasteiger partial charge in [0.2, 0.25) is 5.95 Å². The Bertz CT molecular complexity index is 1500. The van der Waals surface area contributed by atoms with Crippen LogP contribution in [0.3, 0.4) is 0 Å². The molecule has 4 fully saturated rings. The molecule has 1 aromatic carbocycles. The maximum absolute atomic E-state index is 13.2. The number of nitrogens with two attached hydrogens (primary N) is 1. The highest BCUT2D eigenvalue weighted by molar-refractivity contribution is 6.09. The summed E-state index contributed by atoms with van der Waals surface area (Å²) in [5.41, 5.74) is 6.19. The Labute approximate surface area is 262 Å². The lowest BCUT2D eigenvalue weighted by Crippen LogP contribution is -2.51. The normalized spacial score (nSPS) is 21.8. The molecule has 1 aromatic heterocycles. The van der Waals surface area contributed by atoms with Gasteiger partial charge in [0.15, 0.2) is 11.5 Å². The quantitative estimate of drug-likeness (QED) is 0.458. The van der Waals surface area contributed by atoms with Crippen LogP contribution in [-0.2, 0) is 9.53 Å². The zero-order valence-electron chi connectivity index (χ0n) is 26.3. The van der Waals surface area contributed by atoms with Gasteiger partial charge in [-0.05, 0) is 82.9 Å². The number of primary amides is 1. The number of likely N-dealkylation sites (tertiary alicyclic amines) is 1. The van der Waals surface area contributed by atoms with Gasteiger partial charge >= 0.3 is 12.1 Å². The molecule has 14 heteroatoms. The number of rotatable bonds is 6. The third kappa shape index (κ3) is 5.97. The van der Waals surface area contributed by atoms with E-state index in [1.54, 1.807) is 16.8 Å². The molecule has 14 nitrogen and oxygen atoms in total. The summed E-state index contributed by atoms with van der Waals surface area (Å²) in [6.07, 6.45) is 4.22. The van der Waals surface area contributed by atoms with Crippen molar-refractivity contribution in [2.24, 2.45) is 5.73 Å². The van der Waals surface area contributed by atoms with Gasteiger partial charge in [0.05, 0.1) is 6.04 Å². The van der Waals surface area contributed by atoms with E-state index in [-0.39, 0.29) is 41.5 Å². The Morgan fingerprint density at radius 2 is 1.71 bits per heavy atom. The van der Waals surface area contributed by atoms with Gasteiger partial charge in [0.25, 0.3) is 11.8 Å². The number of imide groups is 1. The highest BCUT2D eigenvalue weighted by Crippen LogP contribution is 2.48. The second kappa shape index (κ2) is 11.5. The van der Waals surface area contributed by atoms with Crippen LogP contribution in [-0.4, -0.2) is 104 Å². The standard InChI is InChI=1S/C31H41N9O5/c1-30(2,3)45-29(44)38-16-11-20(12-17-38)19-7-9-21(10-8-19)33-25-23(24(32)41)35-36-27(34-25)39-15-5-6-22(18-39)40-26(42)31(13-14-31)37(4)28(40)43/h7-10,20,22H,5-6,11-18H2,1-4H3,(H2,32,41)(H,33,34,36)/t22-/m1/s1. The largest absolute Gasteiger partial charge is 0.444 e. The zero-order valence-corrected chi connectivity index (χ0v) is 26.3. The van der Waals surface area contributed by atoms with E-state index in [0.717, 1.165) is 24.8 Å². The van der Waals surface area contributed by atoms with Crippen molar-refractivity contribution in [3.63, 3.8) is 0 Å². The second-order valence-electron chi connectivity index (χ2n) is 13.5. The minimum atomic E-state index is -0.764. The third-order valence-electron chi connectivity index (χ3n) is 9.22. The van der Waals surface area contributed by atoms with Gasteiger partial charge in [-0.25, -0.2) is 9.59 Å². The van der Waals surface area contributed by atoms with Crippen LogP contribution in [0, 0.1) is 0 Å². The van der Waals surface area contributed by atoms with E-state index in [4.69, 9.17) is 10.5 Å². The average Bonchev–Trinajstić information content (AvgIpc) is 3.80. The minimum absolute atomic E-state index is 0.0897. The Morgan fingerprint density at radius 3 is 2.31 bits per heavy atom. The van der Waals surface area contributed by atoms with Gasteiger partial charge in [-0.15, -0.1) is 10.2 Å². The molecule has 3 N–H and O–H groups in total. The molecular weight excluding hydrogens is 578 g/mol. The number of hydrogen-bond acceptors (Lipinski definition) is 10. The van der Waals surface area contributed by atoms with Gasteiger partial charge in [0, 0.05) is 38.9 Å². The number of nitrogens with one attached hydrogen (secondary N) is 1. The molecule has 3 aliphatic heterocycles. The summed E-state index contributed by atoms with van der Waals surface area (Å²) in [7, 11) is 1.70. The Kier molecular flexibility index (Phi) is 7.77. The summed E-state index contributed by atoms with van der Waals surface area (Å²) in [6.45, 7) is 7.85. The van der Waals surface area contributed by atoms with Gasteiger partial charge < -0.3 is 30.5 Å². The van der Waals surface area contributed by atoms with E-state index in [2.05, 4.69) is 20.5 Å². The molecular formula is C31H41N9O5. The molecule has 1 spiro atoms. The highest BCUT2D eigenvalue weighted by Gasteiger charge is 2.64. The minimum Gasteiger partial charge on any atom is -0.444 e. The molecule has 0 bridgehead atoms. The van der Waals surface area contributed by atoms with Crippen LogP contribution >= 0.6 is 0 Å². The molecule has 4 aliphatic rings. The van der Waals surface area contributed by atoms with Crippen molar-refractivity contribution < 1.29 is 23.9 Å². The summed E-state index contributed by atoms with van der Waals surface area (Å²) < 4.78 is 5.51. The van der Waals surface area contributed by atoms with Gasteiger partial charge in [-0.2, -0.15) is 4.98 Å². The van der Waals surface area contributed by atoms with E-state index in [0.29, 0.717) is 57.0 Å². The van der Waals surface area contributed by atoms with Crippen LogP contribution in [0.5, 0.6) is 0 Å². The molecule has 45 heavy (non-hydrogen) atoms. The first kappa shape index (κ1) is 30.5. The summed E-state index contributed by atoms with van der Waals surface area (Å²) >= 11 is 0. The third-order valence-corrected chi connectivity index (χ3v) is 9.22. The fourth-order valence-electron chi connectivity index (χ4n) is 6.54. The molecule has 2 aromatic rings. The number of hydrogen-bond donors (Lipinski definition) is 2. The lowest BCUT2D eigenvalue weighted by molar-refractivity contribution is -0.130. The van der Waals surface area contributed by atoms with Crippen molar-refractivity contribution in [1.29, 1.82) is 0 Å².